The van der Waals surface area contributed by atoms with Crippen molar-refractivity contribution in [2.24, 2.45) is 0 Å². The zero-order valence-electron chi connectivity index (χ0n) is 23.7. The molecule has 230 valence electrons. The van der Waals surface area contributed by atoms with E-state index in [0.29, 0.717) is 25.9 Å². The van der Waals surface area contributed by atoms with Crippen molar-refractivity contribution < 1.29 is 27.4 Å². The molecule has 3 N–H and O–H groups in total. The summed E-state index contributed by atoms with van der Waals surface area (Å²) in [5.41, 5.74) is 5.52. The summed E-state index contributed by atoms with van der Waals surface area (Å²) in [7, 11) is 1.30. The summed E-state index contributed by atoms with van der Waals surface area (Å²) in [6.45, 7) is 1.54. The van der Waals surface area contributed by atoms with Crippen molar-refractivity contribution in [1.82, 2.24) is 14.9 Å². The number of fused-ring (bicyclic) bond motifs is 3. The Balaban J connectivity index is 1.45. The van der Waals surface area contributed by atoms with Gasteiger partial charge in [-0.3, -0.25) is 9.69 Å². The molecule has 9 nitrogen and oxygen atoms in total. The van der Waals surface area contributed by atoms with Crippen molar-refractivity contribution in [3.63, 3.8) is 0 Å². The van der Waals surface area contributed by atoms with Crippen molar-refractivity contribution in [1.29, 1.82) is 5.26 Å². The van der Waals surface area contributed by atoms with Crippen LogP contribution in [-0.2, 0) is 9.53 Å². The third-order valence-electron chi connectivity index (χ3n) is 8.37. The number of anilines is 2. The van der Waals surface area contributed by atoms with E-state index in [0.717, 1.165) is 30.7 Å². The molecule has 2 aliphatic rings. The van der Waals surface area contributed by atoms with Crippen molar-refractivity contribution in [2.45, 2.75) is 43.8 Å². The molecule has 2 aromatic heterocycles. The van der Waals surface area contributed by atoms with E-state index in [-0.39, 0.29) is 78.5 Å². The Hall–Kier alpha value is -3.86. The molecule has 2 aromatic carbocycles. The number of nitrogens with zero attached hydrogens (tertiary/aromatic N) is 4. The van der Waals surface area contributed by atoms with Crippen molar-refractivity contribution in [2.75, 3.05) is 44.4 Å². The van der Waals surface area contributed by atoms with Crippen LogP contribution in [0.25, 0.3) is 32.1 Å². The lowest BCUT2D eigenvalue weighted by atomic mass is 9.95. The largest absolute Gasteiger partial charge is 0.469 e. The fraction of sp³-hybridized carbons (Fsp3) is 0.400. The number of ether oxygens (including phenoxy) is 2. The number of rotatable bonds is 9. The molecule has 2 aliphatic heterocycles. The molecule has 2 fully saturated rings. The first-order valence-electron chi connectivity index (χ1n) is 14.1. The average molecular weight is 645 g/mol. The first-order valence-corrected chi connectivity index (χ1v) is 15.3. The van der Waals surface area contributed by atoms with E-state index in [1.807, 2.05) is 6.07 Å². The Labute approximate surface area is 259 Å². The SMILES string of the molecule is COC(=O)CCCNc1nc(OC[C@@]23CCCN2C[C@H](F)C3)nc2c(F)c(-c3ccc(F)c4sc(N)c(C#N)c34)c(Cl)cc12. The zero-order valence-corrected chi connectivity index (χ0v) is 25.3. The van der Waals surface area contributed by atoms with Crippen LogP contribution in [0.4, 0.5) is 24.0 Å². The Bertz CT molecular complexity index is 1830. The van der Waals surface area contributed by atoms with E-state index in [1.165, 1.54) is 25.3 Å². The molecule has 0 aliphatic carbocycles. The highest BCUT2D eigenvalue weighted by Crippen LogP contribution is 2.46. The van der Waals surface area contributed by atoms with E-state index >= 15 is 4.39 Å². The van der Waals surface area contributed by atoms with Gasteiger partial charge in [-0.2, -0.15) is 15.2 Å². The molecular formula is C30H28ClF3N6O3S. The second kappa shape index (κ2) is 11.9. The predicted molar refractivity (Wildman–Crippen MR) is 163 cm³/mol. The monoisotopic (exact) mass is 644 g/mol. The van der Waals surface area contributed by atoms with E-state index in [9.17, 15) is 18.8 Å². The van der Waals surface area contributed by atoms with Gasteiger partial charge in [0.2, 0.25) is 0 Å². The Morgan fingerprint density at radius 2 is 2.18 bits per heavy atom. The van der Waals surface area contributed by atoms with Crippen LogP contribution in [0, 0.1) is 23.0 Å². The van der Waals surface area contributed by atoms with Gasteiger partial charge in [0, 0.05) is 42.3 Å². The fourth-order valence-electron chi connectivity index (χ4n) is 6.32. The highest BCUT2D eigenvalue weighted by molar-refractivity contribution is 7.23. The number of thiophene rings is 1. The van der Waals surface area contributed by atoms with Gasteiger partial charge in [-0.05, 0) is 43.5 Å². The summed E-state index contributed by atoms with van der Waals surface area (Å²) in [6, 6.07) is 5.88. The van der Waals surface area contributed by atoms with Crippen LogP contribution in [-0.4, -0.2) is 65.9 Å². The number of methoxy groups -OCH3 is 1. The number of nitriles is 1. The van der Waals surface area contributed by atoms with E-state index in [1.54, 1.807) is 0 Å². The normalized spacial score (nSPS) is 19.8. The van der Waals surface area contributed by atoms with Crippen LogP contribution in [0.2, 0.25) is 5.02 Å². The number of nitrogen functional groups attached to an aromatic ring is 1. The van der Waals surface area contributed by atoms with Gasteiger partial charge in [-0.15, -0.1) is 11.3 Å². The van der Waals surface area contributed by atoms with Crippen LogP contribution < -0.4 is 15.8 Å². The summed E-state index contributed by atoms with van der Waals surface area (Å²) in [5.74, 6) is -1.58. The number of halogens is 4. The molecule has 4 heterocycles. The van der Waals surface area contributed by atoms with Crippen LogP contribution >= 0.6 is 22.9 Å². The standard InChI is InChI=1S/C30H28ClF3N6O3S/c1-42-21(41)4-2-8-37-28-17-10-19(31)23(16-5-6-20(33)26-22(16)18(12-35)27(36)44-26)24(34)25(17)38-29(39-28)43-14-30-7-3-9-40(30)13-15(32)11-30/h5-6,10,15H,2-4,7-9,11,13-14,36H2,1H3,(H,37,38,39)/t15-,30+/m1/s1. The minimum atomic E-state index is -0.956. The number of alkyl halides is 1. The Morgan fingerprint density at radius 3 is 2.95 bits per heavy atom. The number of aromatic nitrogens is 2. The molecule has 0 unspecified atom stereocenters. The first-order chi connectivity index (χ1) is 21.2. The number of benzene rings is 2. The van der Waals surface area contributed by atoms with Gasteiger partial charge in [0.25, 0.3) is 0 Å². The highest BCUT2D eigenvalue weighted by Gasteiger charge is 2.49. The maximum absolute atomic E-state index is 16.6. The van der Waals surface area contributed by atoms with Gasteiger partial charge in [0.05, 0.1) is 27.9 Å². The smallest absolute Gasteiger partial charge is 0.319 e. The van der Waals surface area contributed by atoms with Crippen molar-refractivity contribution >= 4 is 60.7 Å². The summed E-state index contributed by atoms with van der Waals surface area (Å²) in [5, 5.41) is 13.4. The number of carbonyl (C=O) groups excluding carboxylic acids is 1. The van der Waals surface area contributed by atoms with Gasteiger partial charge >= 0.3 is 12.0 Å². The maximum Gasteiger partial charge on any atom is 0.319 e. The van der Waals surface area contributed by atoms with Gasteiger partial charge in [0.1, 0.15) is 41.0 Å². The summed E-state index contributed by atoms with van der Waals surface area (Å²) < 4.78 is 56.6. The van der Waals surface area contributed by atoms with Crippen LogP contribution in [0.1, 0.15) is 37.7 Å². The molecule has 0 radical (unpaired) electrons. The Morgan fingerprint density at radius 1 is 1.36 bits per heavy atom. The number of esters is 1. The molecular weight excluding hydrogens is 617 g/mol. The lowest BCUT2D eigenvalue weighted by Crippen LogP contribution is -2.43. The quantitative estimate of drug-likeness (QED) is 0.161. The molecule has 2 atom stereocenters. The van der Waals surface area contributed by atoms with Gasteiger partial charge in [0.15, 0.2) is 5.82 Å². The van der Waals surface area contributed by atoms with Gasteiger partial charge in [-0.25, -0.2) is 13.2 Å². The minimum absolute atomic E-state index is 0.0214. The first kappa shape index (κ1) is 30.2. The molecule has 6 rings (SSSR count). The van der Waals surface area contributed by atoms with Gasteiger partial charge < -0.3 is 20.5 Å². The van der Waals surface area contributed by atoms with Crippen LogP contribution in [0.15, 0.2) is 18.2 Å². The number of hydrogen-bond acceptors (Lipinski definition) is 10. The number of carbonyl (C=O) groups is 1. The number of nitrogens with one attached hydrogen (secondary N) is 1. The molecule has 14 heteroatoms. The zero-order chi connectivity index (χ0) is 31.2. The minimum Gasteiger partial charge on any atom is -0.469 e. The molecule has 0 bridgehead atoms. The van der Waals surface area contributed by atoms with Crippen LogP contribution in [0.5, 0.6) is 6.01 Å². The average Bonchev–Trinajstić information content (AvgIpc) is 3.64. The maximum atomic E-state index is 16.6. The third kappa shape index (κ3) is 5.25. The molecule has 2 saturated heterocycles. The van der Waals surface area contributed by atoms with E-state index in [2.05, 4.69) is 20.2 Å². The lowest BCUT2D eigenvalue weighted by molar-refractivity contribution is -0.140. The van der Waals surface area contributed by atoms with E-state index in [4.69, 9.17) is 26.8 Å². The predicted octanol–water partition coefficient (Wildman–Crippen LogP) is 6.22. The molecule has 44 heavy (non-hydrogen) atoms. The summed E-state index contributed by atoms with van der Waals surface area (Å²) in [6.07, 6.45) is 1.62. The molecule has 0 saturated carbocycles. The van der Waals surface area contributed by atoms with Gasteiger partial charge in [-0.1, -0.05) is 17.7 Å². The topological polar surface area (TPSA) is 126 Å². The van der Waals surface area contributed by atoms with Crippen molar-refractivity contribution in [3.8, 4) is 23.2 Å². The number of hydrogen-bond donors (Lipinski definition) is 2. The second-order valence-corrected chi connectivity index (χ2v) is 12.5. The molecule has 4 aromatic rings. The highest BCUT2D eigenvalue weighted by atomic mass is 35.5. The molecule has 0 spiro atoms. The van der Waals surface area contributed by atoms with E-state index < -0.39 is 23.3 Å². The van der Waals surface area contributed by atoms with Crippen molar-refractivity contribution in [3.05, 3.63) is 40.4 Å². The summed E-state index contributed by atoms with van der Waals surface area (Å²) >= 11 is 7.57. The fourth-order valence-corrected chi connectivity index (χ4v) is 7.56. The lowest BCUT2D eigenvalue weighted by Gasteiger charge is -2.30. The second-order valence-electron chi connectivity index (χ2n) is 11.0. The molecule has 0 amide bonds. The van der Waals surface area contributed by atoms with Crippen LogP contribution in [0.3, 0.4) is 0 Å². The number of nitrogens with two attached hydrogens (primary N) is 1. The summed E-state index contributed by atoms with van der Waals surface area (Å²) in [4.78, 5) is 22.6. The Kier molecular flexibility index (Phi) is 8.17. The third-order valence-corrected chi connectivity index (χ3v) is 9.70.